The minimum absolute atomic E-state index is 0.0150. The van der Waals surface area contributed by atoms with Crippen LogP contribution < -0.4 is 20.1 Å². The molecule has 34 heavy (non-hydrogen) atoms. The van der Waals surface area contributed by atoms with Crippen LogP contribution in [0.4, 0.5) is 5.69 Å². The van der Waals surface area contributed by atoms with Gasteiger partial charge >= 0.3 is 0 Å². The molecule has 0 unspecified atom stereocenters. The third-order valence-corrected chi connectivity index (χ3v) is 7.16. The molecule has 0 radical (unpaired) electrons. The topological polar surface area (TPSA) is 100 Å². The molecule has 2 saturated heterocycles. The Morgan fingerprint density at radius 1 is 0.941 bits per heavy atom. The van der Waals surface area contributed by atoms with Crippen LogP contribution in [-0.4, -0.2) is 73.1 Å². The molecule has 4 aliphatic rings. The second kappa shape index (κ2) is 8.32. The number of fused-ring (bicyclic) bond motifs is 3. The van der Waals surface area contributed by atoms with E-state index in [9.17, 15) is 14.4 Å². The third kappa shape index (κ3) is 3.56. The first-order chi connectivity index (χ1) is 16.6. The number of carbonyl (C=O) groups excluding carboxylic acids is 3. The summed E-state index contributed by atoms with van der Waals surface area (Å²) in [4.78, 5) is 43.1. The van der Waals surface area contributed by atoms with Gasteiger partial charge in [-0.25, -0.2) is 0 Å². The lowest BCUT2D eigenvalue weighted by Gasteiger charge is -2.41. The summed E-state index contributed by atoms with van der Waals surface area (Å²) in [7, 11) is 0. The number of nitrogens with zero attached hydrogens (tertiary/aromatic N) is 2. The van der Waals surface area contributed by atoms with Crippen molar-refractivity contribution in [2.24, 2.45) is 5.92 Å². The van der Waals surface area contributed by atoms with Crippen molar-refractivity contribution in [1.29, 1.82) is 0 Å². The maximum Gasteiger partial charge on any atom is 0.256 e. The van der Waals surface area contributed by atoms with Gasteiger partial charge in [-0.15, -0.1) is 0 Å². The molecule has 2 aromatic rings. The summed E-state index contributed by atoms with van der Waals surface area (Å²) in [6.07, 6.45) is 1.62. The molecule has 9 nitrogen and oxygen atoms in total. The van der Waals surface area contributed by atoms with Gasteiger partial charge in [0, 0.05) is 19.0 Å². The van der Waals surface area contributed by atoms with Gasteiger partial charge in [-0.2, -0.15) is 0 Å². The molecule has 2 fully saturated rings. The van der Waals surface area contributed by atoms with Crippen LogP contribution in [-0.2, 0) is 9.59 Å². The number of hydrogen-bond acceptors (Lipinski definition) is 6. The first-order valence-corrected chi connectivity index (χ1v) is 11.7. The van der Waals surface area contributed by atoms with Crippen molar-refractivity contribution in [2.75, 3.05) is 44.8 Å². The van der Waals surface area contributed by atoms with Crippen molar-refractivity contribution in [3.8, 4) is 22.6 Å². The molecular formula is C25H26N4O5. The van der Waals surface area contributed by atoms with E-state index in [2.05, 4.69) is 10.6 Å². The van der Waals surface area contributed by atoms with Gasteiger partial charge in [0.1, 0.15) is 6.04 Å². The molecule has 9 heteroatoms. The zero-order chi connectivity index (χ0) is 23.2. The Bertz CT molecular complexity index is 1180. The zero-order valence-electron chi connectivity index (χ0n) is 18.7. The van der Waals surface area contributed by atoms with E-state index in [1.807, 2.05) is 30.3 Å². The van der Waals surface area contributed by atoms with Crippen LogP contribution in [0.2, 0.25) is 0 Å². The summed E-state index contributed by atoms with van der Waals surface area (Å²) in [5, 5.41) is 6.19. The minimum atomic E-state index is -0.701. The molecule has 176 valence electrons. The second-order valence-electron chi connectivity index (χ2n) is 9.14. The van der Waals surface area contributed by atoms with Crippen LogP contribution in [0, 0.1) is 5.92 Å². The van der Waals surface area contributed by atoms with Gasteiger partial charge in [-0.05, 0) is 61.3 Å². The molecule has 3 amide bonds. The zero-order valence-corrected chi connectivity index (χ0v) is 18.7. The summed E-state index contributed by atoms with van der Waals surface area (Å²) in [6.45, 7) is 2.86. The molecule has 2 N–H and O–H groups in total. The number of rotatable bonds is 2. The van der Waals surface area contributed by atoms with Gasteiger partial charge in [-0.1, -0.05) is 12.1 Å². The molecule has 0 aliphatic carbocycles. The van der Waals surface area contributed by atoms with Crippen molar-refractivity contribution in [3.05, 3.63) is 42.0 Å². The summed E-state index contributed by atoms with van der Waals surface area (Å²) >= 11 is 0. The first kappa shape index (κ1) is 21.0. The van der Waals surface area contributed by atoms with E-state index < -0.39 is 6.04 Å². The fourth-order valence-corrected chi connectivity index (χ4v) is 5.23. The van der Waals surface area contributed by atoms with Crippen LogP contribution >= 0.6 is 0 Å². The summed E-state index contributed by atoms with van der Waals surface area (Å²) in [5.41, 5.74) is 2.68. The van der Waals surface area contributed by atoms with Gasteiger partial charge in [0.25, 0.3) is 5.91 Å². The van der Waals surface area contributed by atoms with E-state index in [0.29, 0.717) is 35.8 Å². The summed E-state index contributed by atoms with van der Waals surface area (Å²) < 4.78 is 10.9. The molecule has 4 aliphatic heterocycles. The first-order valence-electron chi connectivity index (χ1n) is 11.7. The number of ether oxygens (including phenoxy) is 2. The normalized spacial score (nSPS) is 22.1. The van der Waals surface area contributed by atoms with Crippen molar-refractivity contribution >= 4 is 23.4 Å². The Balaban J connectivity index is 1.26. The van der Waals surface area contributed by atoms with Gasteiger partial charge in [-0.3, -0.25) is 14.4 Å². The summed E-state index contributed by atoms with van der Waals surface area (Å²) in [5.74, 6) is 0.982. The minimum Gasteiger partial charge on any atom is -0.454 e. The van der Waals surface area contributed by atoms with E-state index in [0.717, 1.165) is 37.1 Å². The number of anilines is 1. The van der Waals surface area contributed by atoms with Gasteiger partial charge in [0.15, 0.2) is 11.5 Å². The largest absolute Gasteiger partial charge is 0.454 e. The van der Waals surface area contributed by atoms with Crippen molar-refractivity contribution < 1.29 is 23.9 Å². The second-order valence-corrected chi connectivity index (χ2v) is 9.14. The molecule has 4 heterocycles. The number of piperazine rings is 1. The fourth-order valence-electron chi connectivity index (χ4n) is 5.23. The van der Waals surface area contributed by atoms with E-state index in [1.165, 1.54) is 0 Å². The standard InChI is InChI=1S/C25H26N4O5/c30-23-20-13-28(24(31)15-5-7-26-8-6-15)9-10-29(20)25(32)18-11-16(1-3-19(18)27-23)17-2-4-21-22(12-17)34-14-33-21/h1-4,11-12,15,20,26H,5-10,13-14H2,(H,27,30)/t20-/m1/s1. The van der Waals surface area contributed by atoms with E-state index >= 15 is 0 Å². The number of nitrogens with one attached hydrogen (secondary N) is 2. The Kier molecular flexibility index (Phi) is 5.13. The fraction of sp³-hybridized carbons (Fsp3) is 0.400. The third-order valence-electron chi connectivity index (χ3n) is 7.16. The van der Waals surface area contributed by atoms with Crippen LogP contribution in [0.5, 0.6) is 11.5 Å². The maximum absolute atomic E-state index is 13.5. The highest BCUT2D eigenvalue weighted by Gasteiger charge is 2.41. The monoisotopic (exact) mass is 462 g/mol. The quantitative estimate of drug-likeness (QED) is 0.705. The van der Waals surface area contributed by atoms with Gasteiger partial charge < -0.3 is 29.9 Å². The number of hydrogen-bond donors (Lipinski definition) is 2. The molecule has 0 aromatic heterocycles. The van der Waals surface area contributed by atoms with Crippen LogP contribution in [0.1, 0.15) is 23.2 Å². The molecular weight excluding hydrogens is 436 g/mol. The molecule has 6 rings (SSSR count). The predicted octanol–water partition coefficient (Wildman–Crippen LogP) is 1.69. The summed E-state index contributed by atoms with van der Waals surface area (Å²) in [6, 6.07) is 10.4. The van der Waals surface area contributed by atoms with Gasteiger partial charge in [0.05, 0.1) is 17.8 Å². The number of carbonyl (C=O) groups is 3. The number of benzene rings is 2. The Labute approximate surface area is 197 Å². The van der Waals surface area contributed by atoms with Crippen molar-refractivity contribution in [3.63, 3.8) is 0 Å². The molecule has 2 aromatic carbocycles. The molecule has 0 bridgehead atoms. The predicted molar refractivity (Wildman–Crippen MR) is 124 cm³/mol. The van der Waals surface area contributed by atoms with E-state index in [-0.39, 0.29) is 37.0 Å². The van der Waals surface area contributed by atoms with Crippen LogP contribution in [0.3, 0.4) is 0 Å². The van der Waals surface area contributed by atoms with Gasteiger partial charge in [0.2, 0.25) is 18.6 Å². The van der Waals surface area contributed by atoms with Crippen LogP contribution in [0.15, 0.2) is 36.4 Å². The lowest BCUT2D eigenvalue weighted by Crippen LogP contribution is -2.60. The highest BCUT2D eigenvalue weighted by atomic mass is 16.7. The Morgan fingerprint density at radius 3 is 2.56 bits per heavy atom. The number of piperidine rings is 1. The molecule has 0 saturated carbocycles. The lowest BCUT2D eigenvalue weighted by atomic mass is 9.95. The average molecular weight is 463 g/mol. The highest BCUT2D eigenvalue weighted by molar-refractivity contribution is 6.10. The molecule has 1 atom stereocenters. The van der Waals surface area contributed by atoms with Crippen molar-refractivity contribution in [2.45, 2.75) is 18.9 Å². The Morgan fingerprint density at radius 2 is 1.71 bits per heavy atom. The molecule has 0 spiro atoms. The van der Waals surface area contributed by atoms with E-state index in [4.69, 9.17) is 9.47 Å². The lowest BCUT2D eigenvalue weighted by molar-refractivity contribution is -0.140. The van der Waals surface area contributed by atoms with E-state index in [1.54, 1.807) is 15.9 Å². The smallest absolute Gasteiger partial charge is 0.256 e. The Hall–Kier alpha value is -3.59. The highest BCUT2D eigenvalue weighted by Crippen LogP contribution is 2.37. The maximum atomic E-state index is 13.5. The SMILES string of the molecule is O=C1Nc2ccc(-c3ccc4c(c3)OCO4)cc2C(=O)N2CCN(C(=O)C3CCNCC3)C[C@H]12. The van der Waals surface area contributed by atoms with Crippen LogP contribution in [0.25, 0.3) is 11.1 Å². The number of amides is 3. The van der Waals surface area contributed by atoms with Crippen molar-refractivity contribution in [1.82, 2.24) is 15.1 Å². The average Bonchev–Trinajstić information content (AvgIpc) is 3.32.